The van der Waals surface area contributed by atoms with E-state index in [1.165, 1.54) is 16.4 Å². The number of amides is 1. The number of halogens is 1. The number of benzene rings is 1. The van der Waals surface area contributed by atoms with Gasteiger partial charge in [-0.25, -0.2) is 22.5 Å². The molecule has 176 valence electrons. The van der Waals surface area contributed by atoms with Gasteiger partial charge in [-0.05, 0) is 48.7 Å². The summed E-state index contributed by atoms with van der Waals surface area (Å²) in [4.78, 5) is 21.0. The number of nitrogens with zero attached hydrogens (tertiary/aromatic N) is 5. The number of piperazine rings is 1. The summed E-state index contributed by atoms with van der Waals surface area (Å²) < 4.78 is 42.1. The number of carbonyl (C=O) groups excluding carboxylic acids is 1. The van der Waals surface area contributed by atoms with Crippen molar-refractivity contribution in [3.05, 3.63) is 65.4 Å². The second-order valence-electron chi connectivity index (χ2n) is 7.88. The maximum atomic E-state index is 13.6. The molecule has 1 fully saturated rings. The minimum atomic E-state index is -3.76. The van der Waals surface area contributed by atoms with E-state index in [0.29, 0.717) is 28.8 Å². The molecule has 5 rings (SSSR count). The van der Waals surface area contributed by atoms with Crippen molar-refractivity contribution in [2.24, 2.45) is 0 Å². The largest absolute Gasteiger partial charge is 0.336 e. The number of fused-ring (bicyclic) bond motifs is 1. The Labute approximate surface area is 200 Å². The van der Waals surface area contributed by atoms with Crippen LogP contribution in [0.5, 0.6) is 0 Å². The lowest BCUT2D eigenvalue weighted by Gasteiger charge is -2.34. The molecule has 0 N–H and O–H groups in total. The summed E-state index contributed by atoms with van der Waals surface area (Å²) in [5.74, 6) is -0.675. The zero-order valence-corrected chi connectivity index (χ0v) is 20.0. The highest BCUT2D eigenvalue weighted by atomic mass is 32.2. The second kappa shape index (κ2) is 8.90. The molecule has 0 spiro atoms. The average Bonchev–Trinajstić information content (AvgIpc) is 3.53. The summed E-state index contributed by atoms with van der Waals surface area (Å²) in [6, 6.07) is 10.5. The van der Waals surface area contributed by atoms with E-state index in [-0.39, 0.29) is 37.0 Å². The first-order valence-corrected chi connectivity index (χ1v) is 13.2. The molecule has 8 nitrogen and oxygen atoms in total. The van der Waals surface area contributed by atoms with Crippen LogP contribution in [-0.4, -0.2) is 64.5 Å². The smallest absolute Gasteiger partial charge is 0.254 e. The van der Waals surface area contributed by atoms with Gasteiger partial charge in [-0.15, -0.1) is 11.3 Å². The molecule has 4 heterocycles. The minimum absolute atomic E-state index is 0.0390. The van der Waals surface area contributed by atoms with Crippen LogP contribution in [0.2, 0.25) is 0 Å². The van der Waals surface area contributed by atoms with E-state index in [0.717, 1.165) is 17.0 Å². The van der Waals surface area contributed by atoms with Crippen molar-refractivity contribution in [1.29, 1.82) is 0 Å². The minimum Gasteiger partial charge on any atom is -0.336 e. The van der Waals surface area contributed by atoms with Crippen LogP contribution in [0.4, 0.5) is 4.39 Å². The van der Waals surface area contributed by atoms with Gasteiger partial charge in [0.25, 0.3) is 5.91 Å². The van der Waals surface area contributed by atoms with Gasteiger partial charge in [-0.1, -0.05) is 6.07 Å². The van der Waals surface area contributed by atoms with Crippen LogP contribution in [0.1, 0.15) is 17.3 Å². The fourth-order valence-corrected chi connectivity index (χ4v) is 6.17. The van der Waals surface area contributed by atoms with E-state index >= 15 is 0 Å². The lowest BCUT2D eigenvalue weighted by molar-refractivity contribution is 0.0700. The van der Waals surface area contributed by atoms with Gasteiger partial charge in [-0.3, -0.25) is 4.79 Å². The maximum Gasteiger partial charge on any atom is 0.254 e. The van der Waals surface area contributed by atoms with Crippen LogP contribution in [-0.2, 0) is 16.6 Å². The Hall–Kier alpha value is -3.15. The van der Waals surface area contributed by atoms with E-state index in [9.17, 15) is 17.6 Å². The molecule has 1 saturated heterocycles. The first-order valence-electron chi connectivity index (χ1n) is 10.8. The Kier molecular flexibility index (Phi) is 5.92. The first kappa shape index (κ1) is 22.6. The zero-order chi connectivity index (χ0) is 23.9. The van der Waals surface area contributed by atoms with Crippen LogP contribution in [0.15, 0.2) is 58.9 Å². The fourth-order valence-electron chi connectivity index (χ4n) is 4.06. The highest BCUT2D eigenvalue weighted by Gasteiger charge is 2.31. The van der Waals surface area contributed by atoms with Gasteiger partial charge in [0.2, 0.25) is 10.0 Å². The van der Waals surface area contributed by atoms with Crippen LogP contribution in [0.25, 0.3) is 21.6 Å². The zero-order valence-electron chi connectivity index (χ0n) is 18.4. The van der Waals surface area contributed by atoms with Gasteiger partial charge in [0.15, 0.2) is 5.65 Å². The Balaban J connectivity index is 1.41. The Morgan fingerprint density at radius 2 is 1.85 bits per heavy atom. The molecule has 1 aliphatic rings. The third-order valence-corrected chi connectivity index (χ3v) is 8.70. The molecule has 0 aliphatic carbocycles. The number of aryl methyl sites for hydroxylation is 1. The van der Waals surface area contributed by atoms with Crippen LogP contribution in [0.3, 0.4) is 0 Å². The quantitative estimate of drug-likeness (QED) is 0.420. The van der Waals surface area contributed by atoms with Crippen molar-refractivity contribution in [3.63, 3.8) is 0 Å². The van der Waals surface area contributed by atoms with Crippen molar-refractivity contribution in [2.75, 3.05) is 26.2 Å². The van der Waals surface area contributed by atoms with E-state index in [2.05, 4.69) is 5.10 Å². The van der Waals surface area contributed by atoms with E-state index in [1.54, 1.807) is 33.2 Å². The summed E-state index contributed by atoms with van der Waals surface area (Å²) in [6.07, 6.45) is 1.66. The molecule has 1 aromatic carbocycles. The lowest BCUT2D eigenvalue weighted by atomic mass is 10.1. The maximum absolute atomic E-state index is 13.6. The number of hydrogen-bond donors (Lipinski definition) is 0. The molecule has 3 aromatic heterocycles. The molecule has 0 bridgehead atoms. The summed E-state index contributed by atoms with van der Waals surface area (Å²) in [7, 11) is -3.76. The van der Waals surface area contributed by atoms with Crippen LogP contribution < -0.4 is 0 Å². The molecule has 0 unspecified atom stereocenters. The third kappa shape index (κ3) is 3.99. The average molecular weight is 500 g/mol. The van der Waals surface area contributed by atoms with E-state index < -0.39 is 15.8 Å². The molecule has 11 heteroatoms. The van der Waals surface area contributed by atoms with Crippen molar-refractivity contribution in [3.8, 4) is 10.6 Å². The first-order chi connectivity index (χ1) is 16.4. The number of thiophene rings is 1. The van der Waals surface area contributed by atoms with Crippen molar-refractivity contribution in [1.82, 2.24) is 24.0 Å². The summed E-state index contributed by atoms with van der Waals surface area (Å²) >= 11 is 1.54. The van der Waals surface area contributed by atoms with Gasteiger partial charge in [-0.2, -0.15) is 9.40 Å². The van der Waals surface area contributed by atoms with Crippen molar-refractivity contribution >= 4 is 38.3 Å². The van der Waals surface area contributed by atoms with Crippen molar-refractivity contribution in [2.45, 2.75) is 18.4 Å². The Morgan fingerprint density at radius 3 is 2.50 bits per heavy atom. The lowest BCUT2D eigenvalue weighted by Crippen LogP contribution is -2.50. The molecule has 1 aliphatic heterocycles. The SMILES string of the molecule is CCn1ncc2c(C(=O)N3CCN(S(=O)(=O)c4ccc(F)cc4)CC3)cc(-c3cccs3)nc21. The molecular weight excluding hydrogens is 477 g/mol. The van der Waals surface area contributed by atoms with Gasteiger partial charge in [0, 0.05) is 32.7 Å². The number of aromatic nitrogens is 3. The van der Waals surface area contributed by atoms with Crippen LogP contribution in [0, 0.1) is 5.82 Å². The molecule has 4 aromatic rings. The standard InChI is InChI=1S/C23H22FN5O3S2/c1-2-29-22-19(15-25-29)18(14-20(26-22)21-4-3-13-33-21)23(30)27-9-11-28(12-10-27)34(31,32)17-7-5-16(24)6-8-17/h3-8,13-15H,2,9-12H2,1H3. The monoisotopic (exact) mass is 499 g/mol. The van der Waals surface area contributed by atoms with Gasteiger partial charge >= 0.3 is 0 Å². The molecule has 1 amide bonds. The third-order valence-electron chi connectivity index (χ3n) is 5.89. The molecule has 0 saturated carbocycles. The second-order valence-corrected chi connectivity index (χ2v) is 10.8. The molecule has 34 heavy (non-hydrogen) atoms. The number of sulfonamides is 1. The number of carbonyl (C=O) groups is 1. The topological polar surface area (TPSA) is 88.4 Å². The highest BCUT2D eigenvalue weighted by Crippen LogP contribution is 2.29. The predicted octanol–water partition coefficient (Wildman–Crippen LogP) is 3.47. The van der Waals surface area contributed by atoms with Gasteiger partial charge in [0.1, 0.15) is 5.82 Å². The van der Waals surface area contributed by atoms with Gasteiger partial charge < -0.3 is 4.90 Å². The predicted molar refractivity (Wildman–Crippen MR) is 128 cm³/mol. The Morgan fingerprint density at radius 1 is 1.12 bits per heavy atom. The number of hydrogen-bond acceptors (Lipinski definition) is 6. The summed E-state index contributed by atoms with van der Waals surface area (Å²) in [5, 5.41) is 7.01. The van der Waals surface area contributed by atoms with E-state index in [4.69, 9.17) is 4.98 Å². The van der Waals surface area contributed by atoms with Gasteiger partial charge in [0.05, 0.1) is 32.6 Å². The molecular formula is C23H22FN5O3S2. The highest BCUT2D eigenvalue weighted by molar-refractivity contribution is 7.89. The summed E-state index contributed by atoms with van der Waals surface area (Å²) in [6.45, 7) is 3.40. The number of pyridine rings is 1. The number of rotatable bonds is 5. The Bertz CT molecular complexity index is 1440. The van der Waals surface area contributed by atoms with Crippen molar-refractivity contribution < 1.29 is 17.6 Å². The normalized spacial score (nSPS) is 15.2. The van der Waals surface area contributed by atoms with Crippen LogP contribution >= 0.6 is 11.3 Å². The van der Waals surface area contributed by atoms with E-state index in [1.807, 2.05) is 24.4 Å². The summed E-state index contributed by atoms with van der Waals surface area (Å²) in [5.41, 5.74) is 1.86. The fraction of sp³-hybridized carbons (Fsp3) is 0.261. The molecule has 0 radical (unpaired) electrons. The molecule has 0 atom stereocenters.